The number of carbonyl (C=O) groups is 2. The van der Waals surface area contributed by atoms with Crippen LogP contribution in [0.1, 0.15) is 6.92 Å². The number of nitrogens with one attached hydrogen (secondary N) is 2. The molecule has 0 aliphatic heterocycles. The number of benzene rings is 2. The van der Waals surface area contributed by atoms with Gasteiger partial charge in [-0.3, -0.25) is 14.2 Å². The number of nitrogens with zero attached hydrogens (tertiary/aromatic N) is 1. The highest BCUT2D eigenvalue weighted by atomic mass is 19.1. The van der Waals surface area contributed by atoms with Gasteiger partial charge in [-0.1, -0.05) is 12.1 Å². The number of rotatable bonds is 4. The molecule has 8 heteroatoms. The number of anilines is 2. The first-order valence-corrected chi connectivity index (χ1v) is 7.39. The minimum Gasteiger partial charge on any atom is -0.408 e. The minimum atomic E-state index is -0.644. The summed E-state index contributed by atoms with van der Waals surface area (Å²) in [5.74, 6) is -2.19. The molecule has 0 spiro atoms. The molecular formula is C17H14FN3O4. The van der Waals surface area contributed by atoms with Crippen LogP contribution in [0.2, 0.25) is 0 Å². The van der Waals surface area contributed by atoms with E-state index in [0.29, 0.717) is 11.1 Å². The standard InChI is InChI=1S/C17H14FN3O4/c1-10(22)19-13-8-11(6-7-12(13)18)20-16(23)9-21-14-4-2-3-5-15(14)25-17(21)24/h2-8H,9H2,1H3,(H,19,22)(H,20,23). The molecule has 7 nitrogen and oxygen atoms in total. The summed E-state index contributed by atoms with van der Waals surface area (Å²) >= 11 is 0. The van der Waals surface area contributed by atoms with E-state index in [4.69, 9.17) is 4.42 Å². The quantitative estimate of drug-likeness (QED) is 0.760. The second-order valence-corrected chi connectivity index (χ2v) is 5.35. The summed E-state index contributed by atoms with van der Waals surface area (Å²) in [6.45, 7) is 0.990. The van der Waals surface area contributed by atoms with E-state index in [2.05, 4.69) is 10.6 Å². The van der Waals surface area contributed by atoms with Crippen LogP contribution in [-0.2, 0) is 16.1 Å². The molecule has 3 aromatic rings. The Morgan fingerprint density at radius 2 is 1.92 bits per heavy atom. The molecule has 0 fully saturated rings. The number of carbonyl (C=O) groups excluding carboxylic acids is 2. The van der Waals surface area contributed by atoms with Gasteiger partial charge in [-0.2, -0.15) is 0 Å². The van der Waals surface area contributed by atoms with Crippen LogP contribution < -0.4 is 16.4 Å². The topological polar surface area (TPSA) is 93.3 Å². The predicted molar refractivity (Wildman–Crippen MR) is 89.8 cm³/mol. The number of oxazole rings is 1. The van der Waals surface area contributed by atoms with Crippen LogP contribution in [0.4, 0.5) is 15.8 Å². The van der Waals surface area contributed by atoms with E-state index >= 15 is 0 Å². The molecule has 0 aliphatic rings. The molecule has 0 radical (unpaired) electrons. The highest BCUT2D eigenvalue weighted by molar-refractivity contribution is 5.93. The van der Waals surface area contributed by atoms with Crippen LogP contribution in [0.25, 0.3) is 11.1 Å². The molecule has 0 aliphatic carbocycles. The number of para-hydroxylation sites is 2. The van der Waals surface area contributed by atoms with E-state index in [1.54, 1.807) is 24.3 Å². The molecule has 2 N–H and O–H groups in total. The molecule has 128 valence electrons. The fraction of sp³-hybridized carbons (Fsp3) is 0.118. The fourth-order valence-electron chi connectivity index (χ4n) is 2.40. The number of amides is 2. The molecule has 0 unspecified atom stereocenters. The zero-order valence-electron chi connectivity index (χ0n) is 13.2. The second kappa shape index (κ2) is 6.60. The third-order valence-electron chi connectivity index (χ3n) is 3.44. The average molecular weight is 343 g/mol. The lowest BCUT2D eigenvalue weighted by molar-refractivity contribution is -0.117. The monoisotopic (exact) mass is 343 g/mol. The minimum absolute atomic E-state index is 0.0452. The number of hydrogen-bond donors (Lipinski definition) is 2. The Labute approximate surface area is 141 Å². The Morgan fingerprint density at radius 1 is 1.16 bits per heavy atom. The van der Waals surface area contributed by atoms with Crippen LogP contribution in [-0.4, -0.2) is 16.4 Å². The van der Waals surface area contributed by atoms with Crippen LogP contribution in [0, 0.1) is 5.82 Å². The maximum Gasteiger partial charge on any atom is 0.420 e. The van der Waals surface area contributed by atoms with Crippen LogP contribution in [0.15, 0.2) is 51.7 Å². The van der Waals surface area contributed by atoms with Crippen molar-refractivity contribution in [2.24, 2.45) is 0 Å². The third-order valence-corrected chi connectivity index (χ3v) is 3.44. The average Bonchev–Trinajstić information content (AvgIpc) is 2.86. The fourth-order valence-corrected chi connectivity index (χ4v) is 2.40. The Kier molecular flexibility index (Phi) is 4.34. The molecule has 0 atom stereocenters. The SMILES string of the molecule is CC(=O)Nc1cc(NC(=O)Cn2c(=O)oc3ccccc32)ccc1F. The summed E-state index contributed by atoms with van der Waals surface area (Å²) in [5, 5.41) is 4.88. The van der Waals surface area contributed by atoms with Crippen LogP contribution >= 0.6 is 0 Å². The molecule has 1 heterocycles. The maximum atomic E-state index is 13.6. The molecule has 0 saturated carbocycles. The number of fused-ring (bicyclic) bond motifs is 1. The maximum absolute atomic E-state index is 13.6. The van der Waals surface area contributed by atoms with Gasteiger partial charge in [0.2, 0.25) is 11.8 Å². The molecule has 2 aromatic carbocycles. The van der Waals surface area contributed by atoms with Gasteiger partial charge >= 0.3 is 5.76 Å². The molecule has 2 amide bonds. The highest BCUT2D eigenvalue weighted by Gasteiger charge is 2.13. The van der Waals surface area contributed by atoms with E-state index in [0.717, 1.165) is 6.07 Å². The van der Waals surface area contributed by atoms with Crippen molar-refractivity contribution >= 4 is 34.3 Å². The smallest absolute Gasteiger partial charge is 0.408 e. The first-order chi connectivity index (χ1) is 11.9. The van der Waals surface area contributed by atoms with Crippen LogP contribution in [0.5, 0.6) is 0 Å². The normalized spacial score (nSPS) is 10.6. The Balaban J connectivity index is 1.79. The molecule has 0 saturated heterocycles. The van der Waals surface area contributed by atoms with E-state index < -0.39 is 23.4 Å². The summed E-state index contributed by atoms with van der Waals surface area (Å²) in [6, 6.07) is 10.5. The lowest BCUT2D eigenvalue weighted by Gasteiger charge is -2.09. The van der Waals surface area contributed by atoms with Gasteiger partial charge in [-0.15, -0.1) is 0 Å². The third kappa shape index (κ3) is 3.57. The largest absolute Gasteiger partial charge is 0.420 e. The van der Waals surface area contributed by atoms with Crippen molar-refractivity contribution in [3.63, 3.8) is 0 Å². The van der Waals surface area contributed by atoms with E-state index in [1.165, 1.54) is 23.6 Å². The number of aromatic nitrogens is 1. The van der Waals surface area contributed by atoms with Crippen LogP contribution in [0.3, 0.4) is 0 Å². The van der Waals surface area contributed by atoms with Gasteiger partial charge in [0.15, 0.2) is 5.58 Å². The van der Waals surface area contributed by atoms with Gasteiger partial charge in [0.1, 0.15) is 12.4 Å². The zero-order valence-corrected chi connectivity index (χ0v) is 13.2. The lowest BCUT2D eigenvalue weighted by Crippen LogP contribution is -2.24. The number of halogens is 1. The number of hydrogen-bond acceptors (Lipinski definition) is 4. The van der Waals surface area contributed by atoms with Crippen molar-refractivity contribution in [3.05, 3.63) is 58.8 Å². The van der Waals surface area contributed by atoms with Gasteiger partial charge in [0.25, 0.3) is 0 Å². The second-order valence-electron chi connectivity index (χ2n) is 5.35. The van der Waals surface area contributed by atoms with Gasteiger partial charge in [0, 0.05) is 12.6 Å². The highest BCUT2D eigenvalue weighted by Crippen LogP contribution is 2.20. The van der Waals surface area contributed by atoms with Crippen molar-refractivity contribution in [1.29, 1.82) is 0 Å². The molecule has 1 aromatic heterocycles. The summed E-state index contributed by atoms with van der Waals surface area (Å²) in [4.78, 5) is 35.1. The van der Waals surface area contributed by atoms with E-state index in [1.807, 2.05) is 0 Å². The van der Waals surface area contributed by atoms with E-state index in [-0.39, 0.29) is 17.9 Å². The first-order valence-electron chi connectivity index (χ1n) is 7.39. The van der Waals surface area contributed by atoms with Crippen molar-refractivity contribution in [3.8, 4) is 0 Å². The van der Waals surface area contributed by atoms with Crippen molar-refractivity contribution < 1.29 is 18.4 Å². The van der Waals surface area contributed by atoms with Gasteiger partial charge in [-0.05, 0) is 30.3 Å². The Morgan fingerprint density at radius 3 is 2.68 bits per heavy atom. The van der Waals surface area contributed by atoms with Crippen molar-refractivity contribution in [1.82, 2.24) is 4.57 Å². The Bertz CT molecular complexity index is 1020. The van der Waals surface area contributed by atoms with Crippen molar-refractivity contribution in [2.75, 3.05) is 10.6 Å². The Hall–Kier alpha value is -3.42. The van der Waals surface area contributed by atoms with Gasteiger partial charge in [0.05, 0.1) is 11.2 Å². The van der Waals surface area contributed by atoms with E-state index in [9.17, 15) is 18.8 Å². The molecular weight excluding hydrogens is 329 g/mol. The molecule has 25 heavy (non-hydrogen) atoms. The van der Waals surface area contributed by atoms with Gasteiger partial charge < -0.3 is 15.1 Å². The summed E-state index contributed by atoms with van der Waals surface area (Å²) < 4.78 is 19.9. The van der Waals surface area contributed by atoms with Gasteiger partial charge in [-0.25, -0.2) is 9.18 Å². The zero-order chi connectivity index (χ0) is 18.0. The summed E-state index contributed by atoms with van der Waals surface area (Å²) in [7, 11) is 0. The molecule has 3 rings (SSSR count). The summed E-state index contributed by atoms with van der Waals surface area (Å²) in [6.07, 6.45) is 0. The summed E-state index contributed by atoms with van der Waals surface area (Å²) in [5.41, 5.74) is 1.13. The molecule has 0 bridgehead atoms. The lowest BCUT2D eigenvalue weighted by atomic mass is 10.2. The van der Waals surface area contributed by atoms with Crippen molar-refractivity contribution in [2.45, 2.75) is 13.5 Å². The predicted octanol–water partition coefficient (Wildman–Crippen LogP) is 2.33. The first kappa shape index (κ1) is 16.4.